The number of hydrogen-bond acceptors (Lipinski definition) is 4. The van der Waals surface area contributed by atoms with Crippen LogP contribution in [0.4, 0.5) is 0 Å². The SMILES string of the molecule is N#CCCC1Cc2c(sc3nc4ccccc4n23)CN1. The molecular formula is C15H14N4S. The van der Waals surface area contributed by atoms with Crippen molar-refractivity contribution < 1.29 is 0 Å². The molecule has 20 heavy (non-hydrogen) atoms. The predicted octanol–water partition coefficient (Wildman–Crippen LogP) is 2.87. The zero-order valence-electron chi connectivity index (χ0n) is 11.0. The molecule has 0 saturated carbocycles. The summed E-state index contributed by atoms with van der Waals surface area (Å²) in [5.41, 5.74) is 3.63. The average Bonchev–Trinajstić information content (AvgIpc) is 3.00. The van der Waals surface area contributed by atoms with Gasteiger partial charge in [0.15, 0.2) is 4.96 Å². The van der Waals surface area contributed by atoms with E-state index < -0.39 is 0 Å². The second-order valence-electron chi connectivity index (χ2n) is 5.17. The zero-order chi connectivity index (χ0) is 13.5. The molecular weight excluding hydrogens is 268 g/mol. The van der Waals surface area contributed by atoms with Crippen molar-refractivity contribution in [1.82, 2.24) is 14.7 Å². The van der Waals surface area contributed by atoms with Gasteiger partial charge in [-0.05, 0) is 18.6 Å². The van der Waals surface area contributed by atoms with Gasteiger partial charge in [0.05, 0.1) is 17.1 Å². The Bertz CT molecular complexity index is 823. The maximum atomic E-state index is 8.74. The molecule has 0 amide bonds. The van der Waals surface area contributed by atoms with E-state index in [-0.39, 0.29) is 0 Å². The van der Waals surface area contributed by atoms with Crippen LogP contribution < -0.4 is 5.32 Å². The second kappa shape index (κ2) is 4.58. The Morgan fingerprint density at radius 2 is 2.35 bits per heavy atom. The van der Waals surface area contributed by atoms with E-state index in [9.17, 15) is 0 Å². The first-order valence-electron chi connectivity index (χ1n) is 6.85. The van der Waals surface area contributed by atoms with Crippen molar-refractivity contribution in [3.8, 4) is 6.07 Å². The molecule has 1 aromatic carbocycles. The molecule has 2 aromatic heterocycles. The van der Waals surface area contributed by atoms with Crippen LogP contribution in [-0.2, 0) is 13.0 Å². The lowest BCUT2D eigenvalue weighted by molar-refractivity contribution is 0.454. The molecule has 1 aliphatic rings. The molecule has 0 saturated heterocycles. The minimum absolute atomic E-state index is 0.404. The highest BCUT2D eigenvalue weighted by Crippen LogP contribution is 2.31. The van der Waals surface area contributed by atoms with Gasteiger partial charge in [-0.2, -0.15) is 5.26 Å². The van der Waals surface area contributed by atoms with Gasteiger partial charge in [0.2, 0.25) is 0 Å². The number of hydrogen-bond donors (Lipinski definition) is 1. The van der Waals surface area contributed by atoms with Gasteiger partial charge in [0, 0.05) is 36.0 Å². The van der Waals surface area contributed by atoms with Crippen molar-refractivity contribution in [2.75, 3.05) is 0 Å². The van der Waals surface area contributed by atoms with Crippen LogP contribution in [0, 0.1) is 11.3 Å². The number of nitrogens with one attached hydrogen (secondary N) is 1. The van der Waals surface area contributed by atoms with Crippen molar-refractivity contribution in [2.45, 2.75) is 31.8 Å². The maximum Gasteiger partial charge on any atom is 0.195 e. The summed E-state index contributed by atoms with van der Waals surface area (Å²) >= 11 is 1.78. The van der Waals surface area contributed by atoms with Crippen LogP contribution in [0.3, 0.4) is 0 Å². The monoisotopic (exact) mass is 282 g/mol. The smallest absolute Gasteiger partial charge is 0.195 e. The van der Waals surface area contributed by atoms with Gasteiger partial charge in [-0.25, -0.2) is 4.98 Å². The lowest BCUT2D eigenvalue weighted by atomic mass is 10.0. The number of nitriles is 1. The maximum absolute atomic E-state index is 8.74. The Morgan fingerprint density at radius 1 is 1.45 bits per heavy atom. The van der Waals surface area contributed by atoms with E-state index >= 15 is 0 Å². The van der Waals surface area contributed by atoms with E-state index in [1.807, 2.05) is 6.07 Å². The van der Waals surface area contributed by atoms with Gasteiger partial charge in [0.1, 0.15) is 0 Å². The van der Waals surface area contributed by atoms with Gasteiger partial charge in [0.25, 0.3) is 0 Å². The lowest BCUT2D eigenvalue weighted by Gasteiger charge is -2.23. The van der Waals surface area contributed by atoms with E-state index in [2.05, 4.69) is 34.0 Å². The largest absolute Gasteiger partial charge is 0.309 e. The summed E-state index contributed by atoms with van der Waals surface area (Å²) in [7, 11) is 0. The molecule has 4 nitrogen and oxygen atoms in total. The molecule has 1 unspecified atom stereocenters. The third-order valence-electron chi connectivity index (χ3n) is 3.93. The molecule has 4 rings (SSSR count). The van der Waals surface area contributed by atoms with Crippen LogP contribution in [0.25, 0.3) is 16.0 Å². The highest BCUT2D eigenvalue weighted by Gasteiger charge is 2.24. The zero-order valence-corrected chi connectivity index (χ0v) is 11.8. The fourth-order valence-corrected chi connectivity index (χ4v) is 4.07. The quantitative estimate of drug-likeness (QED) is 0.786. The highest BCUT2D eigenvalue weighted by atomic mass is 32.1. The summed E-state index contributed by atoms with van der Waals surface area (Å²) in [6, 6.07) is 10.9. The number of aromatic nitrogens is 2. The molecule has 0 radical (unpaired) electrons. The van der Waals surface area contributed by atoms with Crippen LogP contribution in [-0.4, -0.2) is 15.4 Å². The number of benzene rings is 1. The Morgan fingerprint density at radius 3 is 3.25 bits per heavy atom. The first-order valence-corrected chi connectivity index (χ1v) is 7.66. The van der Waals surface area contributed by atoms with Crippen molar-refractivity contribution >= 4 is 27.3 Å². The summed E-state index contributed by atoms with van der Waals surface area (Å²) < 4.78 is 2.30. The predicted molar refractivity (Wildman–Crippen MR) is 79.8 cm³/mol. The summed E-state index contributed by atoms with van der Waals surface area (Å²) in [5, 5.41) is 12.3. The number of nitrogens with zero attached hydrogens (tertiary/aromatic N) is 3. The number of thiazole rings is 1. The average molecular weight is 282 g/mol. The van der Waals surface area contributed by atoms with Crippen LogP contribution in [0.1, 0.15) is 23.4 Å². The van der Waals surface area contributed by atoms with Crippen molar-refractivity contribution in [3.05, 3.63) is 34.8 Å². The Balaban J connectivity index is 1.82. The summed E-state index contributed by atoms with van der Waals surface area (Å²) in [5.74, 6) is 0. The van der Waals surface area contributed by atoms with E-state index in [1.54, 1.807) is 11.3 Å². The number of para-hydroxylation sites is 2. The molecule has 0 aliphatic carbocycles. The molecule has 1 N–H and O–H groups in total. The number of rotatable bonds is 2. The topological polar surface area (TPSA) is 53.1 Å². The van der Waals surface area contributed by atoms with Crippen molar-refractivity contribution in [2.24, 2.45) is 0 Å². The van der Waals surface area contributed by atoms with E-state index in [4.69, 9.17) is 10.2 Å². The fourth-order valence-electron chi connectivity index (χ4n) is 2.96. The van der Waals surface area contributed by atoms with Crippen LogP contribution >= 0.6 is 11.3 Å². The van der Waals surface area contributed by atoms with Gasteiger partial charge >= 0.3 is 0 Å². The number of fused-ring (bicyclic) bond motifs is 5. The van der Waals surface area contributed by atoms with Gasteiger partial charge in [-0.3, -0.25) is 4.40 Å². The van der Waals surface area contributed by atoms with Crippen molar-refractivity contribution in [3.63, 3.8) is 0 Å². The summed E-state index contributed by atoms with van der Waals surface area (Å²) in [4.78, 5) is 7.17. The normalized spacial score (nSPS) is 18.2. The van der Waals surface area contributed by atoms with Crippen LogP contribution in [0.15, 0.2) is 24.3 Å². The molecule has 3 heterocycles. The lowest BCUT2D eigenvalue weighted by Crippen LogP contribution is -2.35. The molecule has 1 atom stereocenters. The van der Waals surface area contributed by atoms with Crippen molar-refractivity contribution in [1.29, 1.82) is 5.26 Å². The third kappa shape index (κ3) is 1.73. The molecule has 0 spiro atoms. The third-order valence-corrected chi connectivity index (χ3v) is 5.01. The number of imidazole rings is 1. The van der Waals surface area contributed by atoms with Gasteiger partial charge in [-0.1, -0.05) is 23.5 Å². The minimum atomic E-state index is 0.404. The molecule has 100 valence electrons. The Hall–Kier alpha value is -1.90. The Kier molecular flexibility index (Phi) is 2.72. The molecule has 3 aromatic rings. The molecule has 0 bridgehead atoms. The fraction of sp³-hybridized carbons (Fsp3) is 0.333. The van der Waals surface area contributed by atoms with Crippen LogP contribution in [0.5, 0.6) is 0 Å². The van der Waals surface area contributed by atoms with E-state index in [1.165, 1.54) is 16.1 Å². The Labute approximate surface area is 120 Å². The summed E-state index contributed by atoms with van der Waals surface area (Å²) in [6.45, 7) is 0.897. The van der Waals surface area contributed by atoms with E-state index in [0.29, 0.717) is 12.5 Å². The molecule has 0 fully saturated rings. The first-order chi connectivity index (χ1) is 9.86. The first kappa shape index (κ1) is 11.9. The van der Waals surface area contributed by atoms with Gasteiger partial charge in [-0.15, -0.1) is 0 Å². The molecule has 1 aliphatic heterocycles. The minimum Gasteiger partial charge on any atom is -0.309 e. The van der Waals surface area contributed by atoms with Crippen LogP contribution in [0.2, 0.25) is 0 Å². The highest BCUT2D eigenvalue weighted by molar-refractivity contribution is 7.17. The van der Waals surface area contributed by atoms with E-state index in [0.717, 1.165) is 29.9 Å². The second-order valence-corrected chi connectivity index (χ2v) is 6.23. The van der Waals surface area contributed by atoms with Gasteiger partial charge < -0.3 is 5.32 Å². The standard InChI is InChI=1S/C15H14N4S/c16-7-3-4-10-8-13-14(9-17-10)20-15-18-11-5-1-2-6-12(11)19(13)15/h1-2,5-6,10,17H,3-4,8-9H2. The summed E-state index contributed by atoms with van der Waals surface area (Å²) in [6.07, 6.45) is 2.52. The molecule has 5 heteroatoms.